The molecule has 60 valence electrons. The topological polar surface area (TPSA) is 40.1 Å². The van der Waals surface area contributed by atoms with Gasteiger partial charge in [0, 0.05) is 11.4 Å². The maximum atomic E-state index is 10.5. The molecule has 0 N–H and O–H groups in total. The molecule has 0 fully saturated rings. The summed E-state index contributed by atoms with van der Waals surface area (Å²) in [5.74, 6) is -0.778. The van der Waals surface area contributed by atoms with Gasteiger partial charge in [0.1, 0.15) is 0 Å². The normalized spacial score (nSPS) is 13.5. The maximum Gasteiger partial charge on any atom is 1.00 e. The first-order valence-electron chi connectivity index (χ1n) is 3.64. The van der Waals surface area contributed by atoms with E-state index in [0.29, 0.717) is 0 Å². The summed E-state index contributed by atoms with van der Waals surface area (Å²) >= 11 is 0. The van der Waals surface area contributed by atoms with E-state index in [-0.39, 0.29) is 35.5 Å². The Labute approximate surface area is 90.7 Å². The Bertz CT molecular complexity index is 132. The zero-order valence-corrected chi connectivity index (χ0v) is 10.1. The van der Waals surface area contributed by atoms with Crippen LogP contribution in [0.2, 0.25) is 0 Å². The minimum atomic E-state index is -0.957. The van der Waals surface area contributed by atoms with Crippen molar-refractivity contribution >= 4 is 5.97 Å². The molecule has 0 saturated carbocycles. The Kier molecular flexibility index (Phi) is 6.60. The number of carboxylic acid groups (broad SMARTS) is 1. The third-order valence-corrected chi connectivity index (χ3v) is 2.37. The molecule has 0 aromatic rings. The van der Waals surface area contributed by atoms with Crippen molar-refractivity contribution < 1.29 is 39.5 Å². The molecule has 0 aromatic heterocycles. The smallest absolute Gasteiger partial charge is 0.550 e. The van der Waals surface area contributed by atoms with Crippen molar-refractivity contribution in [2.45, 2.75) is 34.1 Å². The third-order valence-electron chi connectivity index (χ3n) is 2.37. The molecule has 0 aliphatic rings. The van der Waals surface area contributed by atoms with E-state index in [1.165, 1.54) is 0 Å². The van der Waals surface area contributed by atoms with Crippen LogP contribution in [0.1, 0.15) is 34.1 Å². The van der Waals surface area contributed by atoms with E-state index in [1.54, 1.807) is 13.8 Å². The number of aliphatic carboxylic acids is 1. The zero-order valence-electron chi connectivity index (χ0n) is 8.10. The molecule has 0 bridgehead atoms. The van der Waals surface area contributed by atoms with Gasteiger partial charge in [0.05, 0.1) is 0 Å². The molecule has 11 heavy (non-hydrogen) atoms. The summed E-state index contributed by atoms with van der Waals surface area (Å²) in [5, 5.41) is 10.5. The minimum Gasteiger partial charge on any atom is -0.550 e. The van der Waals surface area contributed by atoms with Gasteiger partial charge in [0.15, 0.2) is 0 Å². The van der Waals surface area contributed by atoms with Crippen molar-refractivity contribution in [3.05, 3.63) is 0 Å². The summed E-state index contributed by atoms with van der Waals surface area (Å²) in [4.78, 5) is 10.5. The van der Waals surface area contributed by atoms with Crippen LogP contribution >= 0.6 is 0 Å². The Morgan fingerprint density at radius 1 is 1.55 bits per heavy atom. The number of rotatable bonds is 3. The fraction of sp³-hybridized carbons (Fsp3) is 0.875. The van der Waals surface area contributed by atoms with Gasteiger partial charge in [-0.25, -0.2) is 0 Å². The zero-order chi connectivity index (χ0) is 8.36. The van der Waals surface area contributed by atoms with Crippen LogP contribution in [0.25, 0.3) is 0 Å². The van der Waals surface area contributed by atoms with Gasteiger partial charge in [0.2, 0.25) is 0 Å². The van der Waals surface area contributed by atoms with Gasteiger partial charge in [-0.3, -0.25) is 0 Å². The summed E-state index contributed by atoms with van der Waals surface area (Å²) in [7, 11) is 0. The van der Waals surface area contributed by atoms with Gasteiger partial charge < -0.3 is 9.90 Å². The molecule has 0 aromatic carbocycles. The largest absolute Gasteiger partial charge is 1.00 e. The Balaban J connectivity index is 0. The van der Waals surface area contributed by atoms with E-state index in [0.717, 1.165) is 6.42 Å². The molecule has 2 nitrogen and oxygen atoms in total. The van der Waals surface area contributed by atoms with E-state index < -0.39 is 11.4 Å². The van der Waals surface area contributed by atoms with Gasteiger partial charge in [-0.2, -0.15) is 0 Å². The summed E-state index contributed by atoms with van der Waals surface area (Å²) in [6.07, 6.45) is 0.876. The molecule has 0 heterocycles. The molecule has 0 aliphatic heterocycles. The molecule has 3 heteroatoms. The summed E-state index contributed by atoms with van der Waals surface area (Å²) in [5.41, 5.74) is -0.686. The number of carbonyl (C=O) groups is 1. The quantitative estimate of drug-likeness (QED) is 0.447. The maximum absolute atomic E-state index is 10.5. The predicted molar refractivity (Wildman–Crippen MR) is 38.2 cm³/mol. The standard InChI is InChI=1S/C8H16O2.Na/c1-5-6(2)8(3,4)7(9)10;/h6H,5H2,1-4H3,(H,9,10);/q;+1/p-1. The Morgan fingerprint density at radius 2 is 1.91 bits per heavy atom. The summed E-state index contributed by atoms with van der Waals surface area (Å²) in [6, 6.07) is 0. The van der Waals surface area contributed by atoms with Gasteiger partial charge in [-0.15, -0.1) is 0 Å². The van der Waals surface area contributed by atoms with Crippen molar-refractivity contribution in [3.8, 4) is 0 Å². The first kappa shape index (κ1) is 14.0. The van der Waals surface area contributed by atoms with E-state index >= 15 is 0 Å². The Hall–Kier alpha value is 0.470. The van der Waals surface area contributed by atoms with Crippen LogP contribution in [0.4, 0.5) is 0 Å². The number of hydrogen-bond acceptors (Lipinski definition) is 2. The number of hydrogen-bond donors (Lipinski definition) is 0. The van der Waals surface area contributed by atoms with Crippen LogP contribution in [0, 0.1) is 11.3 Å². The number of carboxylic acids is 1. The van der Waals surface area contributed by atoms with Crippen LogP contribution in [0.3, 0.4) is 0 Å². The molecule has 0 saturated heterocycles. The van der Waals surface area contributed by atoms with Crippen LogP contribution in [-0.4, -0.2) is 5.97 Å². The van der Waals surface area contributed by atoms with Gasteiger partial charge in [-0.1, -0.05) is 34.1 Å². The Morgan fingerprint density at radius 3 is 2.00 bits per heavy atom. The van der Waals surface area contributed by atoms with E-state index in [9.17, 15) is 9.90 Å². The fourth-order valence-corrected chi connectivity index (χ4v) is 0.711. The molecule has 0 rings (SSSR count). The van der Waals surface area contributed by atoms with E-state index in [2.05, 4.69) is 0 Å². The van der Waals surface area contributed by atoms with Crippen molar-refractivity contribution in [2.75, 3.05) is 0 Å². The van der Waals surface area contributed by atoms with Crippen molar-refractivity contribution in [1.29, 1.82) is 0 Å². The molecule has 0 aliphatic carbocycles. The average Bonchev–Trinajstić information content (AvgIpc) is 1.86. The van der Waals surface area contributed by atoms with Gasteiger partial charge >= 0.3 is 29.6 Å². The minimum absolute atomic E-state index is 0. The monoisotopic (exact) mass is 166 g/mol. The molecular weight excluding hydrogens is 151 g/mol. The molecule has 1 atom stereocenters. The predicted octanol–water partition coefficient (Wildman–Crippen LogP) is -2.19. The number of carbonyl (C=O) groups excluding carboxylic acids is 1. The molecule has 0 radical (unpaired) electrons. The van der Waals surface area contributed by atoms with Gasteiger partial charge in [0.25, 0.3) is 0 Å². The van der Waals surface area contributed by atoms with Crippen molar-refractivity contribution in [2.24, 2.45) is 11.3 Å². The van der Waals surface area contributed by atoms with Crippen molar-refractivity contribution in [1.82, 2.24) is 0 Å². The van der Waals surface area contributed by atoms with Crippen LogP contribution < -0.4 is 34.7 Å². The average molecular weight is 166 g/mol. The second-order valence-electron chi connectivity index (χ2n) is 3.32. The van der Waals surface area contributed by atoms with E-state index in [4.69, 9.17) is 0 Å². The van der Waals surface area contributed by atoms with Crippen molar-refractivity contribution in [3.63, 3.8) is 0 Å². The third kappa shape index (κ3) is 3.59. The second-order valence-corrected chi connectivity index (χ2v) is 3.32. The van der Waals surface area contributed by atoms with Crippen LogP contribution in [0.15, 0.2) is 0 Å². The second kappa shape index (κ2) is 5.18. The summed E-state index contributed by atoms with van der Waals surface area (Å²) < 4.78 is 0. The fourth-order valence-electron chi connectivity index (χ4n) is 0.711. The molecule has 0 amide bonds. The van der Waals surface area contributed by atoms with Gasteiger partial charge in [-0.05, 0) is 5.92 Å². The first-order valence-corrected chi connectivity index (χ1v) is 3.64. The molecular formula is C8H15NaO2. The summed E-state index contributed by atoms with van der Waals surface area (Å²) in [6.45, 7) is 7.32. The first-order chi connectivity index (χ1) is 4.42. The van der Waals surface area contributed by atoms with Crippen LogP contribution in [-0.2, 0) is 4.79 Å². The van der Waals surface area contributed by atoms with Crippen LogP contribution in [0.5, 0.6) is 0 Å². The SMILES string of the molecule is CCC(C)C(C)(C)C(=O)[O-].[Na+]. The molecule has 0 spiro atoms. The molecule has 1 unspecified atom stereocenters. The van der Waals surface area contributed by atoms with E-state index in [1.807, 2.05) is 13.8 Å².